The van der Waals surface area contributed by atoms with Crippen molar-refractivity contribution in [3.8, 4) is 0 Å². The van der Waals surface area contributed by atoms with Crippen molar-refractivity contribution in [1.29, 1.82) is 0 Å². The van der Waals surface area contributed by atoms with Crippen molar-refractivity contribution in [2.45, 2.75) is 26.4 Å². The lowest BCUT2D eigenvalue weighted by Crippen LogP contribution is -2.18. The number of amides is 1. The summed E-state index contributed by atoms with van der Waals surface area (Å²) in [6, 6.07) is 6.13. The van der Waals surface area contributed by atoms with Crippen molar-refractivity contribution in [2.24, 2.45) is 0 Å². The normalized spacial score (nSPS) is 12.1. The summed E-state index contributed by atoms with van der Waals surface area (Å²) in [5.74, 6) is -0.0417. The fourth-order valence-corrected chi connectivity index (χ4v) is 2.56. The molecule has 2 aromatic heterocycles. The van der Waals surface area contributed by atoms with Crippen molar-refractivity contribution in [3.63, 3.8) is 0 Å². The minimum Gasteiger partial charge on any atom is -0.325 e. The van der Waals surface area contributed by atoms with E-state index in [1.807, 2.05) is 29.8 Å². The standard InChI is InChI=1S/C14H17N3OS/c1-10(12-4-3-6-15-8-12)16-9-14-13(5-7-19-14)17-11(2)18/h3-8,10,16H,9H2,1-2H3,(H,17,18). The van der Waals surface area contributed by atoms with Gasteiger partial charge in [0.15, 0.2) is 0 Å². The summed E-state index contributed by atoms with van der Waals surface area (Å²) < 4.78 is 0. The first kappa shape index (κ1) is 13.7. The molecule has 2 rings (SSSR count). The molecule has 1 atom stereocenters. The van der Waals surface area contributed by atoms with Crippen LogP contribution in [0.15, 0.2) is 36.0 Å². The zero-order valence-electron chi connectivity index (χ0n) is 11.0. The summed E-state index contributed by atoms with van der Waals surface area (Å²) in [6.45, 7) is 4.35. The van der Waals surface area contributed by atoms with Gasteiger partial charge in [0, 0.05) is 36.8 Å². The maximum absolute atomic E-state index is 11.1. The molecule has 0 bridgehead atoms. The second kappa shape index (κ2) is 6.45. The number of hydrogen-bond acceptors (Lipinski definition) is 4. The summed E-state index contributed by atoms with van der Waals surface area (Å²) in [5.41, 5.74) is 2.04. The van der Waals surface area contributed by atoms with E-state index in [0.29, 0.717) is 0 Å². The fraction of sp³-hybridized carbons (Fsp3) is 0.286. The first-order chi connectivity index (χ1) is 9.16. The Hall–Kier alpha value is -1.72. The summed E-state index contributed by atoms with van der Waals surface area (Å²) in [6.07, 6.45) is 3.63. The van der Waals surface area contributed by atoms with E-state index in [2.05, 4.69) is 22.5 Å². The molecule has 1 unspecified atom stereocenters. The largest absolute Gasteiger partial charge is 0.325 e. The van der Waals surface area contributed by atoms with E-state index in [-0.39, 0.29) is 11.9 Å². The third-order valence-corrected chi connectivity index (χ3v) is 3.73. The predicted octanol–water partition coefficient (Wildman–Crippen LogP) is 2.95. The lowest BCUT2D eigenvalue weighted by Gasteiger charge is -2.14. The van der Waals surface area contributed by atoms with Gasteiger partial charge >= 0.3 is 0 Å². The minimum atomic E-state index is -0.0417. The molecule has 0 radical (unpaired) electrons. The van der Waals surface area contributed by atoms with E-state index < -0.39 is 0 Å². The summed E-state index contributed by atoms with van der Waals surface area (Å²) in [4.78, 5) is 16.3. The molecule has 19 heavy (non-hydrogen) atoms. The van der Waals surface area contributed by atoms with Gasteiger partial charge < -0.3 is 10.6 Å². The maximum atomic E-state index is 11.1. The molecule has 2 N–H and O–H groups in total. The average molecular weight is 275 g/mol. The van der Waals surface area contributed by atoms with Crippen LogP contribution >= 0.6 is 11.3 Å². The van der Waals surface area contributed by atoms with E-state index in [0.717, 1.165) is 22.7 Å². The van der Waals surface area contributed by atoms with Crippen LogP contribution in [0.2, 0.25) is 0 Å². The number of aromatic nitrogens is 1. The molecule has 2 heterocycles. The second-order valence-corrected chi connectivity index (χ2v) is 5.33. The molecule has 1 amide bonds. The maximum Gasteiger partial charge on any atom is 0.221 e. The van der Waals surface area contributed by atoms with E-state index >= 15 is 0 Å². The highest BCUT2D eigenvalue weighted by molar-refractivity contribution is 7.10. The monoisotopic (exact) mass is 275 g/mol. The summed E-state index contributed by atoms with van der Waals surface area (Å²) in [5, 5.41) is 8.25. The van der Waals surface area contributed by atoms with Crippen LogP contribution < -0.4 is 10.6 Å². The van der Waals surface area contributed by atoms with Crippen molar-refractivity contribution in [1.82, 2.24) is 10.3 Å². The van der Waals surface area contributed by atoms with Gasteiger partial charge in [-0.2, -0.15) is 0 Å². The Balaban J connectivity index is 1.95. The van der Waals surface area contributed by atoms with Crippen LogP contribution in [0, 0.1) is 0 Å². The highest BCUT2D eigenvalue weighted by Gasteiger charge is 2.09. The Labute approximate surface area is 116 Å². The van der Waals surface area contributed by atoms with Crippen LogP contribution in [0.3, 0.4) is 0 Å². The zero-order chi connectivity index (χ0) is 13.7. The lowest BCUT2D eigenvalue weighted by molar-refractivity contribution is -0.114. The minimum absolute atomic E-state index is 0.0417. The topological polar surface area (TPSA) is 54.0 Å². The molecule has 0 aromatic carbocycles. The van der Waals surface area contributed by atoms with Crippen LogP contribution in [0.4, 0.5) is 5.69 Å². The van der Waals surface area contributed by atoms with Crippen LogP contribution in [-0.2, 0) is 11.3 Å². The predicted molar refractivity (Wildman–Crippen MR) is 78.1 cm³/mol. The van der Waals surface area contributed by atoms with Gasteiger partial charge in [-0.25, -0.2) is 0 Å². The lowest BCUT2D eigenvalue weighted by atomic mass is 10.1. The van der Waals surface area contributed by atoms with Gasteiger partial charge in [-0.3, -0.25) is 9.78 Å². The quantitative estimate of drug-likeness (QED) is 0.882. The Kier molecular flexibility index (Phi) is 4.65. The van der Waals surface area contributed by atoms with E-state index in [1.165, 1.54) is 6.92 Å². The molecule has 0 aliphatic rings. The Morgan fingerprint density at radius 3 is 3.00 bits per heavy atom. The Morgan fingerprint density at radius 2 is 2.32 bits per heavy atom. The zero-order valence-corrected chi connectivity index (χ0v) is 11.8. The molecule has 0 spiro atoms. The first-order valence-corrected chi connectivity index (χ1v) is 7.02. The van der Waals surface area contributed by atoms with Crippen LogP contribution in [-0.4, -0.2) is 10.9 Å². The molecule has 2 aromatic rings. The van der Waals surface area contributed by atoms with Gasteiger partial charge in [0.2, 0.25) is 5.91 Å². The van der Waals surface area contributed by atoms with Crippen molar-refractivity contribution < 1.29 is 4.79 Å². The third-order valence-electron chi connectivity index (χ3n) is 2.81. The molecule has 0 saturated heterocycles. The molecule has 0 fully saturated rings. The smallest absolute Gasteiger partial charge is 0.221 e. The van der Waals surface area contributed by atoms with Crippen molar-refractivity contribution in [3.05, 3.63) is 46.4 Å². The van der Waals surface area contributed by atoms with Gasteiger partial charge in [-0.15, -0.1) is 11.3 Å². The summed E-state index contributed by atoms with van der Waals surface area (Å²) in [7, 11) is 0. The first-order valence-electron chi connectivity index (χ1n) is 6.14. The number of carbonyl (C=O) groups excluding carboxylic acids is 1. The fourth-order valence-electron chi connectivity index (χ4n) is 1.77. The molecule has 4 nitrogen and oxygen atoms in total. The number of nitrogens with one attached hydrogen (secondary N) is 2. The number of hydrogen-bond donors (Lipinski definition) is 2. The molecule has 0 aliphatic heterocycles. The SMILES string of the molecule is CC(=O)Nc1ccsc1CNC(C)c1cccnc1. The summed E-state index contributed by atoms with van der Waals surface area (Å²) >= 11 is 1.64. The van der Waals surface area contributed by atoms with Crippen molar-refractivity contribution >= 4 is 22.9 Å². The molecule has 0 aliphatic carbocycles. The molecular formula is C14H17N3OS. The Morgan fingerprint density at radius 1 is 1.47 bits per heavy atom. The molecule has 0 saturated carbocycles. The van der Waals surface area contributed by atoms with Crippen molar-refractivity contribution in [2.75, 3.05) is 5.32 Å². The van der Waals surface area contributed by atoms with E-state index in [9.17, 15) is 4.79 Å². The van der Waals surface area contributed by atoms with E-state index in [1.54, 1.807) is 17.5 Å². The van der Waals surface area contributed by atoms with Gasteiger partial charge in [-0.05, 0) is 30.0 Å². The second-order valence-electron chi connectivity index (χ2n) is 4.33. The van der Waals surface area contributed by atoms with Gasteiger partial charge in [0.1, 0.15) is 0 Å². The van der Waals surface area contributed by atoms with E-state index in [4.69, 9.17) is 0 Å². The average Bonchev–Trinajstić information content (AvgIpc) is 2.83. The number of anilines is 1. The van der Waals surface area contributed by atoms with Gasteiger partial charge in [0.05, 0.1) is 5.69 Å². The van der Waals surface area contributed by atoms with Crippen LogP contribution in [0.1, 0.15) is 30.3 Å². The molecule has 5 heteroatoms. The van der Waals surface area contributed by atoms with Gasteiger partial charge in [0.25, 0.3) is 0 Å². The number of carbonyl (C=O) groups is 1. The highest BCUT2D eigenvalue weighted by Crippen LogP contribution is 2.23. The van der Waals surface area contributed by atoms with Gasteiger partial charge in [-0.1, -0.05) is 6.07 Å². The third kappa shape index (κ3) is 3.87. The molecular weight excluding hydrogens is 258 g/mol. The number of nitrogens with zero attached hydrogens (tertiary/aromatic N) is 1. The number of thiophene rings is 1. The van der Waals surface area contributed by atoms with Crippen LogP contribution in [0.5, 0.6) is 0 Å². The Bertz CT molecular complexity index is 539. The van der Waals surface area contributed by atoms with Crippen LogP contribution in [0.25, 0.3) is 0 Å². The highest BCUT2D eigenvalue weighted by atomic mass is 32.1. The number of rotatable bonds is 5. The number of pyridine rings is 1. The molecule has 100 valence electrons.